The standard InChI is InChI=1S/C17H31N3O5Si/c1-11-9-20(16(22)18-15(11)21)14-8-12(19-23-5)13(25-14)10-24-26(6,7)17(2,3)4/h9,12-14,19H,8,10H2,1-7H3,(H,18,21,22). The van der Waals surface area contributed by atoms with E-state index in [1.54, 1.807) is 14.0 Å². The first-order valence-corrected chi connectivity index (χ1v) is 11.8. The van der Waals surface area contributed by atoms with Gasteiger partial charge in [-0.15, -0.1) is 0 Å². The second kappa shape index (κ2) is 7.77. The summed E-state index contributed by atoms with van der Waals surface area (Å²) in [6.45, 7) is 13.0. The molecule has 3 atom stereocenters. The first-order chi connectivity index (χ1) is 12.0. The van der Waals surface area contributed by atoms with Gasteiger partial charge in [0.25, 0.3) is 5.56 Å². The Hall–Kier alpha value is -1.26. The topological polar surface area (TPSA) is 94.6 Å². The van der Waals surface area contributed by atoms with Gasteiger partial charge in [0.1, 0.15) is 6.23 Å². The zero-order valence-electron chi connectivity index (χ0n) is 16.7. The van der Waals surface area contributed by atoms with Crippen LogP contribution in [0, 0.1) is 6.92 Å². The summed E-state index contributed by atoms with van der Waals surface area (Å²) in [6.07, 6.45) is 1.32. The minimum absolute atomic E-state index is 0.0994. The lowest BCUT2D eigenvalue weighted by Gasteiger charge is -2.37. The molecule has 1 fully saturated rings. The quantitative estimate of drug-likeness (QED) is 0.571. The average molecular weight is 386 g/mol. The zero-order chi connectivity index (χ0) is 19.7. The molecule has 0 spiro atoms. The van der Waals surface area contributed by atoms with E-state index in [1.807, 2.05) is 0 Å². The molecule has 0 amide bonds. The summed E-state index contributed by atoms with van der Waals surface area (Å²) in [7, 11) is -0.367. The fraction of sp³-hybridized carbons (Fsp3) is 0.765. The molecule has 0 aromatic carbocycles. The number of nitrogens with zero attached hydrogens (tertiary/aromatic N) is 1. The van der Waals surface area contributed by atoms with Gasteiger partial charge in [0, 0.05) is 18.2 Å². The Balaban J connectivity index is 2.17. The van der Waals surface area contributed by atoms with Crippen molar-refractivity contribution in [2.24, 2.45) is 0 Å². The van der Waals surface area contributed by atoms with Crippen molar-refractivity contribution in [2.75, 3.05) is 13.7 Å². The van der Waals surface area contributed by atoms with Gasteiger partial charge in [-0.25, -0.2) is 4.79 Å². The Bertz CT molecular complexity index is 737. The molecule has 1 saturated heterocycles. The minimum atomic E-state index is -1.92. The number of aromatic amines is 1. The predicted octanol–water partition coefficient (Wildman–Crippen LogP) is 1.67. The highest BCUT2D eigenvalue weighted by Crippen LogP contribution is 2.37. The average Bonchev–Trinajstić information content (AvgIpc) is 2.91. The second-order valence-electron chi connectivity index (χ2n) is 8.34. The molecule has 0 saturated carbocycles. The predicted molar refractivity (Wildman–Crippen MR) is 102 cm³/mol. The van der Waals surface area contributed by atoms with Crippen LogP contribution in [0.3, 0.4) is 0 Å². The highest BCUT2D eigenvalue weighted by Gasteiger charge is 2.41. The van der Waals surface area contributed by atoms with Crippen LogP contribution in [0.5, 0.6) is 0 Å². The van der Waals surface area contributed by atoms with Crippen molar-refractivity contribution in [3.05, 3.63) is 32.6 Å². The third-order valence-corrected chi connectivity index (χ3v) is 9.88. The van der Waals surface area contributed by atoms with E-state index in [4.69, 9.17) is 14.0 Å². The molecule has 1 aromatic rings. The molecule has 8 nitrogen and oxygen atoms in total. The molecule has 3 unspecified atom stereocenters. The summed E-state index contributed by atoms with van der Waals surface area (Å²) in [5.74, 6) is 0. The van der Waals surface area contributed by atoms with Crippen molar-refractivity contribution in [3.8, 4) is 0 Å². The summed E-state index contributed by atoms with van der Waals surface area (Å²) in [4.78, 5) is 31.1. The first-order valence-electron chi connectivity index (χ1n) is 8.86. The van der Waals surface area contributed by atoms with Crippen molar-refractivity contribution >= 4 is 8.32 Å². The second-order valence-corrected chi connectivity index (χ2v) is 13.2. The van der Waals surface area contributed by atoms with Crippen molar-refractivity contribution in [3.63, 3.8) is 0 Å². The summed E-state index contributed by atoms with van der Waals surface area (Å²) < 4.78 is 13.8. The molecule has 0 radical (unpaired) electrons. The lowest BCUT2D eigenvalue weighted by molar-refractivity contribution is -0.0405. The van der Waals surface area contributed by atoms with Crippen molar-refractivity contribution in [1.29, 1.82) is 0 Å². The van der Waals surface area contributed by atoms with E-state index in [9.17, 15) is 9.59 Å². The number of hydrogen-bond acceptors (Lipinski definition) is 6. The number of rotatable bonds is 6. The number of H-pyrrole nitrogens is 1. The third kappa shape index (κ3) is 4.52. The highest BCUT2D eigenvalue weighted by molar-refractivity contribution is 6.74. The van der Waals surface area contributed by atoms with Gasteiger partial charge >= 0.3 is 5.69 Å². The maximum Gasteiger partial charge on any atom is 0.330 e. The Morgan fingerprint density at radius 1 is 1.38 bits per heavy atom. The van der Waals surface area contributed by atoms with Gasteiger partial charge in [-0.3, -0.25) is 14.3 Å². The maximum atomic E-state index is 12.2. The van der Waals surface area contributed by atoms with E-state index in [0.29, 0.717) is 18.6 Å². The van der Waals surface area contributed by atoms with Crippen LogP contribution in [0.25, 0.3) is 0 Å². The Morgan fingerprint density at radius 3 is 2.62 bits per heavy atom. The number of ether oxygens (including phenoxy) is 1. The van der Waals surface area contributed by atoms with E-state index in [1.165, 1.54) is 10.8 Å². The number of hydrogen-bond donors (Lipinski definition) is 2. The Labute approximate surface area is 154 Å². The summed E-state index contributed by atoms with van der Waals surface area (Å²) >= 11 is 0. The summed E-state index contributed by atoms with van der Waals surface area (Å²) in [6, 6.07) is -0.117. The lowest BCUT2D eigenvalue weighted by atomic mass is 10.1. The molecule has 2 N–H and O–H groups in total. The van der Waals surface area contributed by atoms with Crippen LogP contribution in [-0.2, 0) is 14.0 Å². The van der Waals surface area contributed by atoms with Gasteiger partial charge in [-0.05, 0) is 25.1 Å². The van der Waals surface area contributed by atoms with Crippen LogP contribution >= 0.6 is 0 Å². The van der Waals surface area contributed by atoms with E-state index in [2.05, 4.69) is 44.3 Å². The van der Waals surface area contributed by atoms with Gasteiger partial charge in [-0.1, -0.05) is 20.8 Å². The van der Waals surface area contributed by atoms with Gasteiger partial charge in [0.2, 0.25) is 0 Å². The molecule has 0 aliphatic carbocycles. The third-order valence-electron chi connectivity index (χ3n) is 5.38. The van der Waals surface area contributed by atoms with Crippen LogP contribution in [-0.4, -0.2) is 43.7 Å². The normalized spacial score (nSPS) is 24.2. The first kappa shape index (κ1) is 21.0. The maximum absolute atomic E-state index is 12.2. The fourth-order valence-corrected chi connectivity index (χ4v) is 3.65. The summed E-state index contributed by atoms with van der Waals surface area (Å²) in [5.41, 5.74) is 2.54. The molecule has 1 aliphatic rings. The molecule has 2 heterocycles. The van der Waals surface area contributed by atoms with Gasteiger partial charge in [0.15, 0.2) is 8.32 Å². The Kier molecular flexibility index (Phi) is 6.29. The van der Waals surface area contributed by atoms with E-state index < -0.39 is 20.2 Å². The smallest absolute Gasteiger partial charge is 0.330 e. The number of nitrogens with one attached hydrogen (secondary N) is 2. The fourth-order valence-electron chi connectivity index (χ4n) is 2.64. The van der Waals surface area contributed by atoms with Crippen molar-refractivity contribution < 1.29 is 14.0 Å². The lowest BCUT2D eigenvalue weighted by Crippen LogP contribution is -2.46. The van der Waals surface area contributed by atoms with Crippen molar-refractivity contribution in [1.82, 2.24) is 15.0 Å². The zero-order valence-corrected chi connectivity index (χ0v) is 17.7. The van der Waals surface area contributed by atoms with Gasteiger partial charge in [-0.2, -0.15) is 5.48 Å². The van der Waals surface area contributed by atoms with Gasteiger partial charge < -0.3 is 14.0 Å². The van der Waals surface area contributed by atoms with Crippen LogP contribution in [0.2, 0.25) is 18.1 Å². The van der Waals surface area contributed by atoms with Gasteiger partial charge in [0.05, 0.1) is 25.9 Å². The number of aromatic nitrogens is 2. The molecule has 9 heteroatoms. The Morgan fingerprint density at radius 2 is 2.04 bits per heavy atom. The molecule has 1 aromatic heterocycles. The summed E-state index contributed by atoms with van der Waals surface area (Å²) in [5, 5.41) is 0.0994. The molecular weight excluding hydrogens is 354 g/mol. The molecule has 148 valence electrons. The minimum Gasteiger partial charge on any atom is -0.414 e. The number of aryl methyl sites for hydroxylation is 1. The molecule has 0 bridgehead atoms. The SMILES string of the molecule is CONC1CC(n2cc(C)c(=O)[nH]c2=O)OC1CO[Si](C)(C)C(C)(C)C. The molecular formula is C17H31N3O5Si. The van der Waals surface area contributed by atoms with Crippen LogP contribution in [0.4, 0.5) is 0 Å². The van der Waals surface area contributed by atoms with E-state index in [-0.39, 0.29) is 22.7 Å². The molecule has 1 aliphatic heterocycles. The van der Waals surface area contributed by atoms with Crippen LogP contribution < -0.4 is 16.7 Å². The van der Waals surface area contributed by atoms with Crippen LogP contribution in [0.15, 0.2) is 15.8 Å². The van der Waals surface area contributed by atoms with Crippen molar-refractivity contribution in [2.45, 2.75) is 70.6 Å². The van der Waals surface area contributed by atoms with E-state index >= 15 is 0 Å². The molecule has 2 rings (SSSR count). The molecule has 26 heavy (non-hydrogen) atoms. The van der Waals surface area contributed by atoms with Crippen LogP contribution in [0.1, 0.15) is 39.0 Å². The highest BCUT2D eigenvalue weighted by atomic mass is 28.4. The monoisotopic (exact) mass is 385 g/mol. The van der Waals surface area contributed by atoms with E-state index in [0.717, 1.165) is 0 Å². The largest absolute Gasteiger partial charge is 0.414 e. The number of hydroxylamine groups is 1.